The van der Waals surface area contributed by atoms with Crippen molar-refractivity contribution in [2.45, 2.75) is 31.6 Å². The lowest BCUT2D eigenvalue weighted by Gasteiger charge is -2.25. The summed E-state index contributed by atoms with van der Waals surface area (Å²) in [6.07, 6.45) is 4.01. The van der Waals surface area contributed by atoms with Crippen LogP contribution in [0.25, 0.3) is 0 Å². The standard InChI is InChI=1S/C20H23NO/c22-20(15-17-9-3-1-4-10-17)21-14-8-7-13-19(16-21)18-11-5-2-6-12-18/h1-6,9-12,19H,7-8,13-16H2. The average Bonchev–Trinajstić information content (AvgIpc) is 2.83. The van der Waals surface area contributed by atoms with Crippen molar-refractivity contribution in [3.8, 4) is 0 Å². The maximum Gasteiger partial charge on any atom is 0.227 e. The number of carbonyl (C=O) groups excluding carboxylic acids is 1. The molecule has 0 radical (unpaired) electrons. The fourth-order valence-electron chi connectivity index (χ4n) is 3.25. The molecule has 1 atom stereocenters. The second kappa shape index (κ2) is 7.26. The summed E-state index contributed by atoms with van der Waals surface area (Å²) in [7, 11) is 0. The molecule has 2 aromatic rings. The molecule has 2 aromatic carbocycles. The first-order valence-corrected chi connectivity index (χ1v) is 8.19. The van der Waals surface area contributed by atoms with Gasteiger partial charge in [0, 0.05) is 19.0 Å². The minimum atomic E-state index is 0.258. The molecule has 0 spiro atoms. The third-order valence-corrected chi connectivity index (χ3v) is 4.49. The number of hydrogen-bond acceptors (Lipinski definition) is 1. The lowest BCUT2D eigenvalue weighted by Crippen LogP contribution is -2.35. The summed E-state index contributed by atoms with van der Waals surface area (Å²) in [6, 6.07) is 20.7. The number of hydrogen-bond donors (Lipinski definition) is 0. The molecule has 1 aliphatic heterocycles. The maximum absolute atomic E-state index is 12.6. The number of carbonyl (C=O) groups is 1. The van der Waals surface area contributed by atoms with Gasteiger partial charge in [-0.1, -0.05) is 67.1 Å². The predicted molar refractivity (Wildman–Crippen MR) is 89.8 cm³/mol. The van der Waals surface area contributed by atoms with Gasteiger partial charge in [0.25, 0.3) is 0 Å². The highest BCUT2D eigenvalue weighted by Gasteiger charge is 2.22. The van der Waals surface area contributed by atoms with Crippen molar-refractivity contribution in [1.29, 1.82) is 0 Å². The molecule has 0 saturated carbocycles. The molecular weight excluding hydrogens is 270 g/mol. The van der Waals surface area contributed by atoms with Gasteiger partial charge in [0.2, 0.25) is 5.91 Å². The van der Waals surface area contributed by atoms with E-state index in [2.05, 4.69) is 35.2 Å². The molecule has 2 nitrogen and oxygen atoms in total. The SMILES string of the molecule is O=C(Cc1ccccc1)N1CCCCC(c2ccccc2)C1. The predicted octanol–water partition coefficient (Wildman–Crippen LogP) is 4.03. The molecule has 1 aliphatic rings. The van der Waals surface area contributed by atoms with E-state index in [0.717, 1.165) is 25.1 Å². The van der Waals surface area contributed by atoms with E-state index in [0.29, 0.717) is 12.3 Å². The van der Waals surface area contributed by atoms with Gasteiger partial charge in [-0.2, -0.15) is 0 Å². The fraction of sp³-hybridized carbons (Fsp3) is 0.350. The van der Waals surface area contributed by atoms with Crippen LogP contribution in [0.4, 0.5) is 0 Å². The third-order valence-electron chi connectivity index (χ3n) is 4.49. The van der Waals surface area contributed by atoms with Gasteiger partial charge in [-0.05, 0) is 24.0 Å². The second-order valence-electron chi connectivity index (χ2n) is 6.11. The van der Waals surface area contributed by atoms with Crippen molar-refractivity contribution in [2.75, 3.05) is 13.1 Å². The van der Waals surface area contributed by atoms with Gasteiger partial charge in [-0.25, -0.2) is 0 Å². The molecule has 0 aromatic heterocycles. The Morgan fingerprint density at radius 1 is 0.955 bits per heavy atom. The van der Waals surface area contributed by atoms with E-state index in [-0.39, 0.29) is 5.91 Å². The van der Waals surface area contributed by atoms with E-state index in [1.165, 1.54) is 18.4 Å². The largest absolute Gasteiger partial charge is 0.342 e. The summed E-state index contributed by atoms with van der Waals surface area (Å²) in [4.78, 5) is 14.7. The van der Waals surface area contributed by atoms with Crippen molar-refractivity contribution in [2.24, 2.45) is 0 Å². The molecular formula is C20H23NO. The van der Waals surface area contributed by atoms with Gasteiger partial charge >= 0.3 is 0 Å². The zero-order chi connectivity index (χ0) is 15.2. The molecule has 1 unspecified atom stereocenters. The Balaban J connectivity index is 1.68. The van der Waals surface area contributed by atoms with Crippen LogP contribution in [0.2, 0.25) is 0 Å². The Morgan fingerprint density at radius 2 is 1.64 bits per heavy atom. The van der Waals surface area contributed by atoms with E-state index >= 15 is 0 Å². The van der Waals surface area contributed by atoms with Crippen LogP contribution in [0.1, 0.15) is 36.3 Å². The minimum absolute atomic E-state index is 0.258. The number of amides is 1. The van der Waals surface area contributed by atoms with Crippen LogP contribution in [-0.4, -0.2) is 23.9 Å². The van der Waals surface area contributed by atoms with Crippen LogP contribution in [0, 0.1) is 0 Å². The Bertz CT molecular complexity index is 594. The molecule has 1 saturated heterocycles. The minimum Gasteiger partial charge on any atom is -0.342 e. The van der Waals surface area contributed by atoms with Crippen LogP contribution in [0.3, 0.4) is 0 Å². The lowest BCUT2D eigenvalue weighted by molar-refractivity contribution is -0.130. The molecule has 1 fully saturated rings. The Labute approximate surface area is 132 Å². The monoisotopic (exact) mass is 293 g/mol. The summed E-state index contributed by atoms with van der Waals surface area (Å²) in [6.45, 7) is 1.75. The zero-order valence-electron chi connectivity index (χ0n) is 12.9. The van der Waals surface area contributed by atoms with E-state index in [9.17, 15) is 4.79 Å². The highest BCUT2D eigenvalue weighted by atomic mass is 16.2. The van der Waals surface area contributed by atoms with Gasteiger partial charge < -0.3 is 4.90 Å². The molecule has 2 heteroatoms. The summed E-state index contributed by atoms with van der Waals surface area (Å²) in [5.41, 5.74) is 2.47. The third kappa shape index (κ3) is 3.76. The van der Waals surface area contributed by atoms with Gasteiger partial charge in [-0.3, -0.25) is 4.79 Å². The topological polar surface area (TPSA) is 20.3 Å². The molecule has 1 heterocycles. The van der Waals surface area contributed by atoms with E-state index in [1.807, 2.05) is 30.3 Å². The van der Waals surface area contributed by atoms with Gasteiger partial charge in [0.05, 0.1) is 6.42 Å². The summed E-state index contributed by atoms with van der Waals surface area (Å²) in [5.74, 6) is 0.734. The van der Waals surface area contributed by atoms with E-state index in [1.54, 1.807) is 0 Å². The highest BCUT2D eigenvalue weighted by molar-refractivity contribution is 5.78. The molecule has 3 rings (SSSR count). The maximum atomic E-state index is 12.6. The van der Waals surface area contributed by atoms with Crippen LogP contribution < -0.4 is 0 Å². The van der Waals surface area contributed by atoms with Gasteiger partial charge in [-0.15, -0.1) is 0 Å². The molecule has 1 amide bonds. The molecule has 0 bridgehead atoms. The van der Waals surface area contributed by atoms with Crippen LogP contribution in [0.15, 0.2) is 60.7 Å². The summed E-state index contributed by atoms with van der Waals surface area (Å²) < 4.78 is 0. The number of nitrogens with zero attached hydrogens (tertiary/aromatic N) is 1. The number of likely N-dealkylation sites (tertiary alicyclic amines) is 1. The smallest absolute Gasteiger partial charge is 0.227 e. The molecule has 0 aliphatic carbocycles. The normalized spacial score (nSPS) is 18.7. The first-order valence-electron chi connectivity index (χ1n) is 8.19. The Hall–Kier alpha value is -2.09. The van der Waals surface area contributed by atoms with E-state index in [4.69, 9.17) is 0 Å². The average molecular weight is 293 g/mol. The van der Waals surface area contributed by atoms with Crippen molar-refractivity contribution < 1.29 is 4.79 Å². The first kappa shape index (κ1) is 14.8. The Kier molecular flexibility index (Phi) is 4.89. The van der Waals surface area contributed by atoms with Crippen molar-refractivity contribution in [1.82, 2.24) is 4.90 Å². The molecule has 114 valence electrons. The van der Waals surface area contributed by atoms with Crippen molar-refractivity contribution >= 4 is 5.91 Å². The second-order valence-corrected chi connectivity index (χ2v) is 6.11. The zero-order valence-corrected chi connectivity index (χ0v) is 12.9. The number of rotatable bonds is 3. The van der Waals surface area contributed by atoms with Crippen molar-refractivity contribution in [3.05, 3.63) is 71.8 Å². The quantitative estimate of drug-likeness (QED) is 0.837. The number of benzene rings is 2. The summed E-state index contributed by atoms with van der Waals surface area (Å²) >= 11 is 0. The van der Waals surface area contributed by atoms with E-state index < -0.39 is 0 Å². The Morgan fingerprint density at radius 3 is 2.36 bits per heavy atom. The fourth-order valence-corrected chi connectivity index (χ4v) is 3.25. The lowest BCUT2D eigenvalue weighted by atomic mass is 9.94. The van der Waals surface area contributed by atoms with Gasteiger partial charge in [0.15, 0.2) is 0 Å². The van der Waals surface area contributed by atoms with Gasteiger partial charge in [0.1, 0.15) is 0 Å². The molecule has 22 heavy (non-hydrogen) atoms. The van der Waals surface area contributed by atoms with Crippen LogP contribution in [-0.2, 0) is 11.2 Å². The summed E-state index contributed by atoms with van der Waals surface area (Å²) in [5, 5.41) is 0. The first-order chi connectivity index (χ1) is 10.8. The highest BCUT2D eigenvalue weighted by Crippen LogP contribution is 2.26. The van der Waals surface area contributed by atoms with Crippen LogP contribution in [0.5, 0.6) is 0 Å². The van der Waals surface area contributed by atoms with Crippen molar-refractivity contribution in [3.63, 3.8) is 0 Å². The van der Waals surface area contributed by atoms with Crippen LogP contribution >= 0.6 is 0 Å². The molecule has 0 N–H and O–H groups in total.